The second-order valence-corrected chi connectivity index (χ2v) is 6.34. The number of hydrogen-bond acceptors (Lipinski definition) is 4. The number of thioether (sulfide) groups is 1. The van der Waals surface area contributed by atoms with Crippen molar-refractivity contribution in [1.29, 1.82) is 5.26 Å². The lowest BCUT2D eigenvalue weighted by atomic mass is 10.1. The molecule has 1 aromatic heterocycles. The number of para-hydroxylation sites is 1. The standard InChI is InChI=1S/C17H12BrN3S/c1-22-17-14(10-19)16(13-4-2-3-5-15(13)21-17)20-12-8-6-11(18)7-9-12/h2-9H,1H3,(H,20,21). The maximum absolute atomic E-state index is 9.56. The molecule has 0 saturated heterocycles. The topological polar surface area (TPSA) is 48.7 Å². The summed E-state index contributed by atoms with van der Waals surface area (Å²) in [5.41, 5.74) is 3.20. The summed E-state index contributed by atoms with van der Waals surface area (Å²) in [6, 6.07) is 18.0. The van der Waals surface area contributed by atoms with Crippen molar-refractivity contribution in [3.63, 3.8) is 0 Å². The van der Waals surface area contributed by atoms with Gasteiger partial charge in [0.05, 0.1) is 11.2 Å². The first-order chi connectivity index (χ1) is 10.7. The average Bonchev–Trinajstić information content (AvgIpc) is 2.56. The molecular formula is C17H12BrN3S. The van der Waals surface area contributed by atoms with E-state index >= 15 is 0 Å². The molecule has 0 fully saturated rings. The number of pyridine rings is 1. The SMILES string of the molecule is CSc1nc2ccccc2c(Nc2ccc(Br)cc2)c1C#N. The summed E-state index contributed by atoms with van der Waals surface area (Å²) in [4.78, 5) is 4.57. The Hall–Kier alpha value is -2.03. The van der Waals surface area contributed by atoms with E-state index < -0.39 is 0 Å². The van der Waals surface area contributed by atoms with E-state index in [0.29, 0.717) is 5.56 Å². The average molecular weight is 370 g/mol. The molecule has 0 bridgehead atoms. The summed E-state index contributed by atoms with van der Waals surface area (Å²) < 4.78 is 1.02. The van der Waals surface area contributed by atoms with Crippen molar-refractivity contribution in [1.82, 2.24) is 4.98 Å². The lowest BCUT2D eigenvalue weighted by Crippen LogP contribution is -1.99. The van der Waals surface area contributed by atoms with Gasteiger partial charge in [-0.25, -0.2) is 4.98 Å². The van der Waals surface area contributed by atoms with Crippen LogP contribution in [0.3, 0.4) is 0 Å². The van der Waals surface area contributed by atoms with Crippen LogP contribution in [0.5, 0.6) is 0 Å². The smallest absolute Gasteiger partial charge is 0.116 e. The third-order valence-electron chi connectivity index (χ3n) is 3.28. The molecule has 0 saturated carbocycles. The molecule has 2 aromatic carbocycles. The molecule has 3 nitrogen and oxygen atoms in total. The van der Waals surface area contributed by atoms with Crippen LogP contribution < -0.4 is 5.32 Å². The largest absolute Gasteiger partial charge is 0.354 e. The molecule has 3 rings (SSSR count). The van der Waals surface area contributed by atoms with Gasteiger partial charge < -0.3 is 5.32 Å². The van der Waals surface area contributed by atoms with E-state index in [1.807, 2.05) is 54.8 Å². The molecule has 0 aliphatic heterocycles. The van der Waals surface area contributed by atoms with Crippen LogP contribution in [0.2, 0.25) is 0 Å². The third-order valence-corrected chi connectivity index (χ3v) is 4.49. The van der Waals surface area contributed by atoms with Crippen molar-refractivity contribution >= 4 is 50.0 Å². The molecule has 0 radical (unpaired) electrons. The molecule has 5 heteroatoms. The zero-order chi connectivity index (χ0) is 15.5. The van der Waals surface area contributed by atoms with E-state index in [4.69, 9.17) is 0 Å². The first kappa shape index (κ1) is 14.9. The zero-order valence-corrected chi connectivity index (χ0v) is 14.2. The summed E-state index contributed by atoms with van der Waals surface area (Å²) >= 11 is 4.91. The Kier molecular flexibility index (Phi) is 4.32. The van der Waals surface area contributed by atoms with Crippen LogP contribution >= 0.6 is 27.7 Å². The minimum Gasteiger partial charge on any atom is -0.354 e. The fraction of sp³-hybridized carbons (Fsp3) is 0.0588. The van der Waals surface area contributed by atoms with Gasteiger partial charge in [-0.1, -0.05) is 34.1 Å². The monoisotopic (exact) mass is 369 g/mol. The van der Waals surface area contributed by atoms with Gasteiger partial charge in [0, 0.05) is 15.5 Å². The summed E-state index contributed by atoms with van der Waals surface area (Å²) in [6.07, 6.45) is 1.93. The van der Waals surface area contributed by atoms with Crippen molar-refractivity contribution in [2.75, 3.05) is 11.6 Å². The normalized spacial score (nSPS) is 10.4. The van der Waals surface area contributed by atoms with Gasteiger partial charge in [-0.2, -0.15) is 5.26 Å². The first-order valence-electron chi connectivity index (χ1n) is 6.62. The minimum atomic E-state index is 0.578. The summed E-state index contributed by atoms with van der Waals surface area (Å²) in [7, 11) is 0. The van der Waals surface area contributed by atoms with Crippen molar-refractivity contribution in [3.8, 4) is 6.07 Å². The van der Waals surface area contributed by atoms with Crippen molar-refractivity contribution in [3.05, 3.63) is 58.6 Å². The number of halogens is 1. The van der Waals surface area contributed by atoms with E-state index in [-0.39, 0.29) is 0 Å². The van der Waals surface area contributed by atoms with E-state index in [1.54, 1.807) is 0 Å². The Morgan fingerprint density at radius 1 is 1.14 bits per heavy atom. The number of hydrogen-bond donors (Lipinski definition) is 1. The quantitative estimate of drug-likeness (QED) is 0.633. The first-order valence-corrected chi connectivity index (χ1v) is 8.64. The molecule has 0 unspecified atom stereocenters. The van der Waals surface area contributed by atoms with Gasteiger partial charge in [0.15, 0.2) is 0 Å². The predicted octanol–water partition coefficient (Wildman–Crippen LogP) is 5.33. The Morgan fingerprint density at radius 2 is 1.86 bits per heavy atom. The van der Waals surface area contributed by atoms with Crippen molar-refractivity contribution in [2.24, 2.45) is 0 Å². The number of fused-ring (bicyclic) bond motifs is 1. The molecule has 108 valence electrons. The fourth-order valence-corrected chi connectivity index (χ4v) is 3.05. The van der Waals surface area contributed by atoms with Crippen LogP contribution in [0.1, 0.15) is 5.56 Å². The van der Waals surface area contributed by atoms with Crippen molar-refractivity contribution in [2.45, 2.75) is 5.03 Å². The number of nitrogens with one attached hydrogen (secondary N) is 1. The highest BCUT2D eigenvalue weighted by Crippen LogP contribution is 2.34. The molecule has 22 heavy (non-hydrogen) atoms. The van der Waals surface area contributed by atoms with Crippen LogP contribution in [0, 0.1) is 11.3 Å². The Balaban J connectivity index is 2.21. The van der Waals surface area contributed by atoms with Crippen LogP contribution in [0.4, 0.5) is 11.4 Å². The zero-order valence-electron chi connectivity index (χ0n) is 11.8. The van der Waals surface area contributed by atoms with E-state index in [9.17, 15) is 5.26 Å². The van der Waals surface area contributed by atoms with Gasteiger partial charge in [0.2, 0.25) is 0 Å². The summed E-state index contributed by atoms with van der Waals surface area (Å²) in [5, 5.41) is 14.6. The number of anilines is 2. The fourth-order valence-electron chi connectivity index (χ4n) is 2.25. The van der Waals surface area contributed by atoms with Gasteiger partial charge >= 0.3 is 0 Å². The molecule has 0 aliphatic rings. The minimum absolute atomic E-state index is 0.578. The van der Waals surface area contributed by atoms with Crippen LogP contribution in [0.25, 0.3) is 10.9 Å². The number of nitriles is 1. The van der Waals surface area contributed by atoms with Gasteiger partial charge in [0.1, 0.15) is 16.7 Å². The molecule has 0 aliphatic carbocycles. The molecule has 3 aromatic rings. The lowest BCUT2D eigenvalue weighted by Gasteiger charge is -2.14. The molecule has 0 atom stereocenters. The highest BCUT2D eigenvalue weighted by molar-refractivity contribution is 9.10. The van der Waals surface area contributed by atoms with E-state index in [0.717, 1.165) is 31.8 Å². The predicted molar refractivity (Wildman–Crippen MR) is 95.7 cm³/mol. The van der Waals surface area contributed by atoms with Crippen LogP contribution in [-0.4, -0.2) is 11.2 Å². The molecule has 1 N–H and O–H groups in total. The molecule has 0 amide bonds. The highest BCUT2D eigenvalue weighted by Gasteiger charge is 2.14. The summed E-state index contributed by atoms with van der Waals surface area (Å²) in [6.45, 7) is 0. The second kappa shape index (κ2) is 6.39. The number of nitrogens with zero attached hydrogens (tertiary/aromatic N) is 2. The Labute approximate surface area is 141 Å². The van der Waals surface area contributed by atoms with Gasteiger partial charge in [-0.05, 0) is 36.6 Å². The second-order valence-electron chi connectivity index (χ2n) is 4.63. The van der Waals surface area contributed by atoms with Gasteiger partial charge in [-0.3, -0.25) is 0 Å². The highest BCUT2D eigenvalue weighted by atomic mass is 79.9. The Bertz CT molecular complexity index is 869. The number of benzene rings is 2. The van der Waals surface area contributed by atoms with Crippen molar-refractivity contribution < 1.29 is 0 Å². The number of rotatable bonds is 3. The lowest BCUT2D eigenvalue weighted by molar-refractivity contribution is 1.17. The van der Waals surface area contributed by atoms with Gasteiger partial charge in [0.25, 0.3) is 0 Å². The Morgan fingerprint density at radius 3 is 2.55 bits per heavy atom. The molecular weight excluding hydrogens is 358 g/mol. The maximum Gasteiger partial charge on any atom is 0.116 e. The summed E-state index contributed by atoms with van der Waals surface area (Å²) in [5.74, 6) is 0. The number of aromatic nitrogens is 1. The van der Waals surface area contributed by atoms with Crippen LogP contribution in [0.15, 0.2) is 58.0 Å². The van der Waals surface area contributed by atoms with Gasteiger partial charge in [-0.15, -0.1) is 11.8 Å². The van der Waals surface area contributed by atoms with Crippen LogP contribution in [-0.2, 0) is 0 Å². The van der Waals surface area contributed by atoms with E-state index in [2.05, 4.69) is 32.3 Å². The molecule has 0 spiro atoms. The van der Waals surface area contributed by atoms with E-state index in [1.165, 1.54) is 11.8 Å². The maximum atomic E-state index is 9.56. The molecule has 1 heterocycles. The third kappa shape index (κ3) is 2.80.